The molecule has 3 aliphatic rings. The highest BCUT2D eigenvalue weighted by molar-refractivity contribution is 6.19. The van der Waals surface area contributed by atoms with Crippen LogP contribution >= 0.6 is 0 Å². The van der Waals surface area contributed by atoms with Crippen molar-refractivity contribution >= 4 is 10.8 Å². The Balaban J connectivity index is 1.04. The largest absolute Gasteiger partial charge is 0.457 e. The molecule has 1 aromatic heterocycles. The molecule has 1 spiro atoms. The second-order valence-corrected chi connectivity index (χ2v) is 16.0. The molecule has 13 rings (SSSR count). The molecule has 3 heteroatoms. The van der Waals surface area contributed by atoms with Crippen LogP contribution in [0.5, 0.6) is 11.5 Å². The van der Waals surface area contributed by atoms with Crippen molar-refractivity contribution in [1.82, 2.24) is 9.97 Å². The smallest absolute Gasteiger partial charge is 0.161 e. The summed E-state index contributed by atoms with van der Waals surface area (Å²) in [5, 5.41) is 2.53. The number of benzene rings is 9. The highest BCUT2D eigenvalue weighted by Crippen LogP contribution is 2.62. The number of rotatable bonds is 4. The van der Waals surface area contributed by atoms with E-state index < -0.39 is 5.41 Å². The van der Waals surface area contributed by atoms with Gasteiger partial charge in [-0.05, 0) is 90.7 Å². The summed E-state index contributed by atoms with van der Waals surface area (Å²) >= 11 is 0. The summed E-state index contributed by atoms with van der Waals surface area (Å²) in [5.41, 5.74) is 18.9. The average Bonchev–Trinajstić information content (AvgIpc) is 3.80. The lowest BCUT2D eigenvalue weighted by atomic mass is 9.66. The first-order chi connectivity index (χ1) is 29.8. The second kappa shape index (κ2) is 12.6. The van der Waals surface area contributed by atoms with Gasteiger partial charge in [-0.2, -0.15) is 0 Å². The van der Waals surface area contributed by atoms with Crippen LogP contribution in [0.15, 0.2) is 206 Å². The molecular formula is C57H34N2O. The number of hydrogen-bond acceptors (Lipinski definition) is 3. The molecule has 0 saturated carbocycles. The quantitative estimate of drug-likeness (QED) is 0.179. The number of fused-ring (bicyclic) bond motifs is 12. The number of para-hydroxylation sites is 2. The summed E-state index contributed by atoms with van der Waals surface area (Å²) in [4.78, 5) is 10.9. The van der Waals surface area contributed by atoms with Crippen LogP contribution in [0.4, 0.5) is 0 Å². The van der Waals surface area contributed by atoms with E-state index in [0.717, 1.165) is 56.3 Å². The third kappa shape index (κ3) is 4.54. The van der Waals surface area contributed by atoms with Gasteiger partial charge in [0.25, 0.3) is 0 Å². The Kier molecular flexibility index (Phi) is 6.93. The molecule has 1 aliphatic heterocycles. The van der Waals surface area contributed by atoms with E-state index >= 15 is 0 Å². The molecule has 9 aromatic carbocycles. The summed E-state index contributed by atoms with van der Waals surface area (Å²) in [6.07, 6.45) is 0. The van der Waals surface area contributed by atoms with Crippen LogP contribution in [0.25, 0.3) is 89.2 Å². The van der Waals surface area contributed by atoms with Gasteiger partial charge in [-0.1, -0.05) is 182 Å². The first-order valence-electron chi connectivity index (χ1n) is 20.6. The van der Waals surface area contributed by atoms with Gasteiger partial charge >= 0.3 is 0 Å². The van der Waals surface area contributed by atoms with E-state index in [1.54, 1.807) is 0 Å². The summed E-state index contributed by atoms with van der Waals surface area (Å²) in [6, 6.07) is 74.1. The fourth-order valence-electron chi connectivity index (χ4n) is 10.4. The van der Waals surface area contributed by atoms with Crippen molar-refractivity contribution in [3.8, 4) is 89.9 Å². The SMILES string of the molecule is c1ccc(-c2cc(-c3ccc4c(c3)C3(c5ccccc5Oc5ccccc53)c3ccccc3-4)nc(-c3ccccc3-c3ccc4c5c(cccc35)-c3ccccc3-4)n2)cc1. The average molecular weight is 763 g/mol. The molecular weight excluding hydrogens is 729 g/mol. The predicted octanol–water partition coefficient (Wildman–Crippen LogP) is 14.4. The van der Waals surface area contributed by atoms with E-state index in [1.165, 1.54) is 60.8 Å². The Morgan fingerprint density at radius 1 is 0.317 bits per heavy atom. The number of ether oxygens (including phenoxy) is 1. The van der Waals surface area contributed by atoms with Crippen molar-refractivity contribution in [3.63, 3.8) is 0 Å². The first kappa shape index (κ1) is 33.1. The highest BCUT2D eigenvalue weighted by atomic mass is 16.5. The molecule has 0 atom stereocenters. The monoisotopic (exact) mass is 762 g/mol. The normalized spacial score (nSPS) is 13.3. The maximum atomic E-state index is 6.63. The van der Waals surface area contributed by atoms with Crippen molar-refractivity contribution in [2.45, 2.75) is 5.41 Å². The fourth-order valence-corrected chi connectivity index (χ4v) is 10.4. The molecule has 0 unspecified atom stereocenters. The van der Waals surface area contributed by atoms with Crippen molar-refractivity contribution in [3.05, 3.63) is 229 Å². The number of hydrogen-bond donors (Lipinski definition) is 0. The van der Waals surface area contributed by atoms with Crippen LogP contribution in [0.1, 0.15) is 22.3 Å². The molecule has 60 heavy (non-hydrogen) atoms. The Morgan fingerprint density at radius 3 is 1.53 bits per heavy atom. The Morgan fingerprint density at radius 2 is 0.817 bits per heavy atom. The highest BCUT2D eigenvalue weighted by Gasteiger charge is 2.51. The molecule has 2 heterocycles. The third-order valence-corrected chi connectivity index (χ3v) is 12.9. The molecule has 2 aliphatic carbocycles. The van der Waals surface area contributed by atoms with Gasteiger partial charge in [0.1, 0.15) is 11.5 Å². The van der Waals surface area contributed by atoms with Gasteiger partial charge in [0, 0.05) is 27.8 Å². The van der Waals surface area contributed by atoms with Crippen molar-refractivity contribution < 1.29 is 4.74 Å². The molecule has 0 radical (unpaired) electrons. The van der Waals surface area contributed by atoms with E-state index in [2.05, 4.69) is 206 Å². The van der Waals surface area contributed by atoms with Crippen LogP contribution < -0.4 is 4.74 Å². The van der Waals surface area contributed by atoms with Crippen molar-refractivity contribution in [2.24, 2.45) is 0 Å². The van der Waals surface area contributed by atoms with E-state index in [1.807, 2.05) is 0 Å². The molecule has 3 nitrogen and oxygen atoms in total. The Labute approximate surface area is 347 Å². The van der Waals surface area contributed by atoms with Crippen molar-refractivity contribution in [1.29, 1.82) is 0 Å². The molecule has 0 saturated heterocycles. The van der Waals surface area contributed by atoms with Crippen LogP contribution in [0.3, 0.4) is 0 Å². The van der Waals surface area contributed by atoms with Crippen LogP contribution in [0.2, 0.25) is 0 Å². The summed E-state index contributed by atoms with van der Waals surface area (Å²) < 4.78 is 6.63. The first-order valence-corrected chi connectivity index (χ1v) is 20.6. The molecule has 10 aromatic rings. The maximum Gasteiger partial charge on any atom is 0.161 e. The molecule has 0 N–H and O–H groups in total. The molecule has 0 fully saturated rings. The zero-order valence-corrected chi connectivity index (χ0v) is 32.4. The lowest BCUT2D eigenvalue weighted by Crippen LogP contribution is -2.32. The topological polar surface area (TPSA) is 35.0 Å². The van der Waals surface area contributed by atoms with E-state index in [-0.39, 0.29) is 0 Å². The summed E-state index contributed by atoms with van der Waals surface area (Å²) in [6.45, 7) is 0. The minimum Gasteiger partial charge on any atom is -0.457 e. The minimum absolute atomic E-state index is 0.576. The number of nitrogens with zero attached hydrogens (tertiary/aromatic N) is 2. The van der Waals surface area contributed by atoms with Gasteiger partial charge in [0.2, 0.25) is 0 Å². The standard InChI is InChI=1S/C57H34N2O/c1-2-15-35(16-3-1)51-34-52(59-56(58-51)46-21-7-6-19-39(46)40-31-32-45-38-18-5-4-17-37(38)43-22-14-23-44(40)55(43)45)36-29-30-42-41-20-8-9-24-47(41)57(50(42)33-36)48-25-10-12-27-53(48)60-54-28-13-11-26-49(54)57/h1-34H. The molecule has 0 bridgehead atoms. The Bertz CT molecular complexity index is 3350. The molecule has 278 valence electrons. The van der Waals surface area contributed by atoms with Gasteiger partial charge < -0.3 is 4.74 Å². The minimum atomic E-state index is -0.576. The lowest BCUT2D eigenvalue weighted by Gasteiger charge is -2.39. The lowest BCUT2D eigenvalue weighted by molar-refractivity contribution is 0.436. The number of aromatic nitrogens is 2. The van der Waals surface area contributed by atoms with Gasteiger partial charge in [-0.3, -0.25) is 0 Å². The van der Waals surface area contributed by atoms with Gasteiger partial charge in [0.15, 0.2) is 5.82 Å². The van der Waals surface area contributed by atoms with Gasteiger partial charge in [0.05, 0.1) is 16.8 Å². The van der Waals surface area contributed by atoms with E-state index in [0.29, 0.717) is 5.82 Å². The summed E-state index contributed by atoms with van der Waals surface area (Å²) in [7, 11) is 0. The zero-order chi connectivity index (χ0) is 39.4. The molecule has 0 amide bonds. The predicted molar refractivity (Wildman–Crippen MR) is 243 cm³/mol. The van der Waals surface area contributed by atoms with E-state index in [4.69, 9.17) is 14.7 Å². The third-order valence-electron chi connectivity index (χ3n) is 12.9. The maximum absolute atomic E-state index is 6.63. The van der Waals surface area contributed by atoms with E-state index in [9.17, 15) is 0 Å². The van der Waals surface area contributed by atoms with Crippen LogP contribution in [-0.2, 0) is 5.41 Å². The fraction of sp³-hybridized carbons (Fsp3) is 0.0175. The van der Waals surface area contributed by atoms with Gasteiger partial charge in [-0.25, -0.2) is 9.97 Å². The van der Waals surface area contributed by atoms with Crippen LogP contribution in [-0.4, -0.2) is 9.97 Å². The Hall–Kier alpha value is -7.88. The second-order valence-electron chi connectivity index (χ2n) is 16.0. The summed E-state index contributed by atoms with van der Waals surface area (Å²) in [5.74, 6) is 2.45. The van der Waals surface area contributed by atoms with Gasteiger partial charge in [-0.15, -0.1) is 0 Å². The van der Waals surface area contributed by atoms with Crippen LogP contribution in [0, 0.1) is 0 Å². The zero-order valence-electron chi connectivity index (χ0n) is 32.4. The van der Waals surface area contributed by atoms with Crippen molar-refractivity contribution in [2.75, 3.05) is 0 Å².